The highest BCUT2D eigenvalue weighted by Crippen LogP contribution is 2.31. The van der Waals surface area contributed by atoms with E-state index in [-0.39, 0.29) is 11.9 Å². The third-order valence-corrected chi connectivity index (χ3v) is 4.53. The third-order valence-electron chi connectivity index (χ3n) is 4.31. The van der Waals surface area contributed by atoms with Gasteiger partial charge in [-0.1, -0.05) is 18.2 Å². The first-order valence-corrected chi connectivity index (χ1v) is 8.39. The van der Waals surface area contributed by atoms with Gasteiger partial charge in [0, 0.05) is 19.8 Å². The minimum atomic E-state index is -0.282. The summed E-state index contributed by atoms with van der Waals surface area (Å²) in [5, 5.41) is 8.97. The van der Waals surface area contributed by atoms with Gasteiger partial charge in [-0.2, -0.15) is 0 Å². The highest BCUT2D eigenvalue weighted by molar-refractivity contribution is 7.80. The highest BCUT2D eigenvalue weighted by atomic mass is 32.1. The van der Waals surface area contributed by atoms with Crippen LogP contribution in [-0.4, -0.2) is 37.1 Å². The topological polar surface area (TPSA) is 53.6 Å². The van der Waals surface area contributed by atoms with Crippen LogP contribution in [0, 0.1) is 0 Å². The first kappa shape index (κ1) is 17.2. The number of rotatable bonds is 3. The number of carbonyl (C=O) groups excluding carboxylic acids is 1. The Labute approximate surface area is 152 Å². The smallest absolute Gasteiger partial charge is 0.253 e. The molecule has 0 aliphatic carbocycles. The monoisotopic (exact) mass is 355 g/mol. The number of hydrogen-bond acceptors (Lipinski definition) is 3. The number of nitrogens with one attached hydrogen (secondary N) is 2. The second-order valence-corrected chi connectivity index (χ2v) is 6.65. The molecule has 5 nitrogen and oxygen atoms in total. The third kappa shape index (κ3) is 3.30. The molecule has 130 valence electrons. The van der Waals surface area contributed by atoms with Gasteiger partial charge in [0.15, 0.2) is 5.11 Å². The lowest BCUT2D eigenvalue weighted by Gasteiger charge is -2.31. The molecule has 1 aliphatic heterocycles. The Kier molecular flexibility index (Phi) is 4.63. The van der Waals surface area contributed by atoms with Crippen molar-refractivity contribution in [3.8, 4) is 5.75 Å². The zero-order chi connectivity index (χ0) is 18.1. The Morgan fingerprint density at radius 3 is 2.52 bits per heavy atom. The maximum Gasteiger partial charge on any atom is 0.253 e. The Balaban J connectivity index is 2.08. The van der Waals surface area contributed by atoms with Crippen molar-refractivity contribution in [1.29, 1.82) is 0 Å². The SMILES string of the molecule is COc1ccc2cc([C@@H]3NC(=S)NC(C)=C3C(=O)N(C)C)ccc2c1. The summed E-state index contributed by atoms with van der Waals surface area (Å²) in [6, 6.07) is 11.8. The molecule has 25 heavy (non-hydrogen) atoms. The Hall–Kier alpha value is -2.60. The van der Waals surface area contributed by atoms with Crippen LogP contribution in [0.1, 0.15) is 18.5 Å². The van der Waals surface area contributed by atoms with Gasteiger partial charge < -0.3 is 20.3 Å². The molecule has 0 spiro atoms. The van der Waals surface area contributed by atoms with E-state index in [0.717, 1.165) is 27.8 Å². The van der Waals surface area contributed by atoms with Crippen molar-refractivity contribution < 1.29 is 9.53 Å². The fourth-order valence-corrected chi connectivity index (χ4v) is 3.29. The summed E-state index contributed by atoms with van der Waals surface area (Å²) < 4.78 is 5.28. The number of amides is 1. The molecule has 0 radical (unpaired) electrons. The average molecular weight is 355 g/mol. The molecule has 3 rings (SSSR count). The predicted molar refractivity (Wildman–Crippen MR) is 104 cm³/mol. The van der Waals surface area contributed by atoms with Gasteiger partial charge in [-0.25, -0.2) is 0 Å². The van der Waals surface area contributed by atoms with E-state index >= 15 is 0 Å². The fourth-order valence-electron chi connectivity index (χ4n) is 3.02. The molecule has 0 fully saturated rings. The van der Waals surface area contributed by atoms with Crippen LogP contribution < -0.4 is 15.4 Å². The van der Waals surface area contributed by atoms with Gasteiger partial charge in [-0.15, -0.1) is 0 Å². The van der Waals surface area contributed by atoms with E-state index in [1.807, 2.05) is 37.3 Å². The zero-order valence-corrected chi connectivity index (χ0v) is 15.5. The van der Waals surface area contributed by atoms with E-state index in [1.165, 1.54) is 0 Å². The van der Waals surface area contributed by atoms with E-state index in [2.05, 4.69) is 16.7 Å². The van der Waals surface area contributed by atoms with Crippen LogP contribution in [0.3, 0.4) is 0 Å². The number of hydrogen-bond donors (Lipinski definition) is 2. The number of carbonyl (C=O) groups is 1. The van der Waals surface area contributed by atoms with E-state index < -0.39 is 0 Å². The molecule has 1 amide bonds. The molecule has 0 aromatic heterocycles. The Morgan fingerprint density at radius 2 is 1.84 bits per heavy atom. The molecule has 2 N–H and O–H groups in total. The average Bonchev–Trinajstić information content (AvgIpc) is 2.59. The molecule has 0 saturated heterocycles. The summed E-state index contributed by atoms with van der Waals surface area (Å²) >= 11 is 5.30. The molecule has 2 aromatic carbocycles. The van der Waals surface area contributed by atoms with Crippen molar-refractivity contribution in [2.75, 3.05) is 21.2 Å². The van der Waals surface area contributed by atoms with Gasteiger partial charge >= 0.3 is 0 Å². The number of allylic oxidation sites excluding steroid dienone is 1. The van der Waals surface area contributed by atoms with E-state index in [1.54, 1.807) is 26.1 Å². The van der Waals surface area contributed by atoms with Gasteiger partial charge in [0.25, 0.3) is 5.91 Å². The van der Waals surface area contributed by atoms with Crippen molar-refractivity contribution in [2.24, 2.45) is 0 Å². The van der Waals surface area contributed by atoms with Crippen molar-refractivity contribution in [2.45, 2.75) is 13.0 Å². The van der Waals surface area contributed by atoms with Gasteiger partial charge in [0.2, 0.25) is 0 Å². The minimum absolute atomic E-state index is 0.0418. The van der Waals surface area contributed by atoms with Gasteiger partial charge in [0.05, 0.1) is 18.7 Å². The number of fused-ring (bicyclic) bond motifs is 1. The van der Waals surface area contributed by atoms with Crippen LogP contribution in [0.4, 0.5) is 0 Å². The number of nitrogens with zero attached hydrogens (tertiary/aromatic N) is 1. The quantitative estimate of drug-likeness (QED) is 0.829. The van der Waals surface area contributed by atoms with Crippen molar-refractivity contribution in [3.05, 3.63) is 53.2 Å². The van der Waals surface area contributed by atoms with E-state index in [4.69, 9.17) is 17.0 Å². The summed E-state index contributed by atoms with van der Waals surface area (Å²) in [4.78, 5) is 14.3. The highest BCUT2D eigenvalue weighted by Gasteiger charge is 2.30. The summed E-state index contributed by atoms with van der Waals surface area (Å²) in [6.07, 6.45) is 0. The number of methoxy groups -OCH3 is 1. The standard InChI is InChI=1S/C19H21N3O2S/c1-11-16(18(23)22(2)3)17(21-19(25)20-11)14-6-5-13-10-15(24-4)8-7-12(13)9-14/h5-10,17H,1-4H3,(H2,20,21,25)/t17-/m0/s1. The number of likely N-dealkylation sites (N-methyl/N-ethyl adjacent to an activating group) is 1. The van der Waals surface area contributed by atoms with Crippen LogP contribution in [0.5, 0.6) is 5.75 Å². The van der Waals surface area contributed by atoms with Crippen LogP contribution >= 0.6 is 12.2 Å². The van der Waals surface area contributed by atoms with Crippen molar-refractivity contribution >= 4 is 34.0 Å². The van der Waals surface area contributed by atoms with Crippen LogP contribution in [0.2, 0.25) is 0 Å². The fraction of sp³-hybridized carbons (Fsp3) is 0.263. The lowest BCUT2D eigenvalue weighted by Crippen LogP contribution is -2.46. The summed E-state index contributed by atoms with van der Waals surface area (Å²) in [5.41, 5.74) is 2.44. The molecule has 1 heterocycles. The molecular formula is C19H21N3O2S. The maximum atomic E-state index is 12.7. The first-order valence-electron chi connectivity index (χ1n) is 7.98. The first-order chi connectivity index (χ1) is 11.9. The summed E-state index contributed by atoms with van der Waals surface area (Å²) in [6.45, 7) is 1.88. The lowest BCUT2D eigenvalue weighted by atomic mass is 9.93. The molecule has 6 heteroatoms. The van der Waals surface area contributed by atoms with Crippen LogP contribution in [0.15, 0.2) is 47.7 Å². The normalized spacial score (nSPS) is 17.1. The molecule has 0 saturated carbocycles. The molecular weight excluding hydrogens is 334 g/mol. The molecule has 0 bridgehead atoms. The predicted octanol–water partition coefficient (Wildman–Crippen LogP) is 2.73. The zero-order valence-electron chi connectivity index (χ0n) is 14.7. The van der Waals surface area contributed by atoms with Gasteiger partial charge in [0.1, 0.15) is 5.75 Å². The van der Waals surface area contributed by atoms with Crippen molar-refractivity contribution in [3.63, 3.8) is 0 Å². The summed E-state index contributed by atoms with van der Waals surface area (Å²) in [5.74, 6) is 0.778. The second-order valence-electron chi connectivity index (χ2n) is 6.24. The van der Waals surface area contributed by atoms with Crippen molar-refractivity contribution in [1.82, 2.24) is 15.5 Å². The number of ether oxygens (including phenoxy) is 1. The Bertz CT molecular complexity index is 889. The largest absolute Gasteiger partial charge is 0.497 e. The molecule has 1 aliphatic rings. The minimum Gasteiger partial charge on any atom is -0.497 e. The molecule has 0 unspecified atom stereocenters. The van der Waals surface area contributed by atoms with E-state index in [9.17, 15) is 4.79 Å². The maximum absolute atomic E-state index is 12.7. The van der Waals surface area contributed by atoms with Gasteiger partial charge in [-0.3, -0.25) is 4.79 Å². The lowest BCUT2D eigenvalue weighted by molar-refractivity contribution is -0.125. The van der Waals surface area contributed by atoms with Crippen LogP contribution in [-0.2, 0) is 4.79 Å². The molecule has 1 atom stereocenters. The van der Waals surface area contributed by atoms with Crippen LogP contribution in [0.25, 0.3) is 10.8 Å². The second kappa shape index (κ2) is 6.72. The van der Waals surface area contributed by atoms with Gasteiger partial charge in [-0.05, 0) is 53.7 Å². The Morgan fingerprint density at radius 1 is 1.16 bits per heavy atom. The van der Waals surface area contributed by atoms with E-state index in [0.29, 0.717) is 10.7 Å². The number of benzene rings is 2. The number of thiocarbonyl (C=S) groups is 1. The summed E-state index contributed by atoms with van der Waals surface area (Å²) in [7, 11) is 5.15. The molecule has 2 aromatic rings.